The largest absolute Gasteiger partial charge is 0.464 e. The van der Waals surface area contributed by atoms with Crippen LogP contribution in [0.25, 0.3) is 11.0 Å². The maximum absolute atomic E-state index is 12.9. The van der Waals surface area contributed by atoms with Gasteiger partial charge in [0.05, 0.1) is 17.0 Å². The predicted octanol–water partition coefficient (Wildman–Crippen LogP) is 4.07. The van der Waals surface area contributed by atoms with Gasteiger partial charge in [0.2, 0.25) is 0 Å². The van der Waals surface area contributed by atoms with Crippen LogP contribution in [0.4, 0.5) is 5.69 Å². The van der Waals surface area contributed by atoms with Gasteiger partial charge >= 0.3 is 0 Å². The van der Waals surface area contributed by atoms with Crippen molar-refractivity contribution in [1.29, 1.82) is 0 Å². The number of benzene rings is 2. The van der Waals surface area contributed by atoms with Gasteiger partial charge in [-0.1, -0.05) is 23.7 Å². The Labute approximate surface area is 175 Å². The van der Waals surface area contributed by atoms with Crippen LogP contribution in [0.5, 0.6) is 0 Å². The summed E-state index contributed by atoms with van der Waals surface area (Å²) in [6.45, 7) is 6.86. The van der Waals surface area contributed by atoms with E-state index in [1.807, 2.05) is 12.1 Å². The number of furan rings is 1. The van der Waals surface area contributed by atoms with Crippen molar-refractivity contribution in [3.05, 3.63) is 59.3 Å². The summed E-state index contributed by atoms with van der Waals surface area (Å²) in [5, 5.41) is 4.52. The Hall–Kier alpha value is -2.06. The maximum Gasteiger partial charge on any atom is 0.263 e. The monoisotopic (exact) mass is 433 g/mol. The maximum atomic E-state index is 12.9. The molecule has 1 aliphatic heterocycles. The summed E-state index contributed by atoms with van der Waals surface area (Å²) in [7, 11) is -3.80. The van der Waals surface area contributed by atoms with Crippen molar-refractivity contribution >= 4 is 38.3 Å². The molecule has 0 aliphatic carbocycles. The number of rotatable bonds is 5. The van der Waals surface area contributed by atoms with Crippen LogP contribution in [0.15, 0.2) is 58.0 Å². The zero-order chi connectivity index (χ0) is 20.6. The molecule has 0 unspecified atom stereocenters. The van der Waals surface area contributed by atoms with Gasteiger partial charge in [0.1, 0.15) is 10.5 Å². The topological polar surface area (TPSA) is 74.6 Å². The first-order valence-electron chi connectivity index (χ1n) is 9.58. The van der Waals surface area contributed by atoms with Crippen molar-refractivity contribution in [3.8, 4) is 0 Å². The summed E-state index contributed by atoms with van der Waals surface area (Å²) in [5.41, 5.74) is 2.22. The van der Waals surface area contributed by atoms with Crippen LogP contribution in [0, 0.1) is 0 Å². The molecule has 2 aromatic carbocycles. The summed E-state index contributed by atoms with van der Waals surface area (Å²) in [5.74, 6) is 0. The molecule has 0 amide bonds. The van der Waals surface area contributed by atoms with E-state index in [1.165, 1.54) is 6.07 Å². The van der Waals surface area contributed by atoms with Crippen molar-refractivity contribution in [2.45, 2.75) is 37.4 Å². The second-order valence-corrected chi connectivity index (χ2v) is 9.66. The molecular weight excluding hydrogens is 410 g/mol. The summed E-state index contributed by atoms with van der Waals surface area (Å²) in [6.07, 6.45) is 1.63. The van der Waals surface area contributed by atoms with Crippen molar-refractivity contribution in [3.63, 3.8) is 0 Å². The van der Waals surface area contributed by atoms with Crippen LogP contribution in [-0.4, -0.2) is 38.5 Å². The van der Waals surface area contributed by atoms with Crippen LogP contribution >= 0.6 is 11.6 Å². The molecule has 154 valence electrons. The molecular formula is C21H24ClN3O3S. The third kappa shape index (κ3) is 4.28. The number of anilines is 1. The molecule has 0 bridgehead atoms. The molecule has 29 heavy (non-hydrogen) atoms. The first kappa shape index (κ1) is 20.2. The Morgan fingerprint density at radius 3 is 2.83 bits per heavy atom. The molecule has 8 heteroatoms. The molecule has 2 atom stereocenters. The van der Waals surface area contributed by atoms with Crippen LogP contribution in [0.2, 0.25) is 5.02 Å². The van der Waals surface area contributed by atoms with E-state index in [9.17, 15) is 8.42 Å². The molecule has 0 radical (unpaired) electrons. The Balaban J connectivity index is 1.67. The van der Waals surface area contributed by atoms with E-state index in [0.717, 1.165) is 29.6 Å². The average molecular weight is 434 g/mol. The fourth-order valence-corrected chi connectivity index (χ4v) is 5.30. The molecule has 1 saturated heterocycles. The molecule has 4 rings (SSSR count). The summed E-state index contributed by atoms with van der Waals surface area (Å²) in [4.78, 5) is 2.44. The third-order valence-electron chi connectivity index (χ3n) is 5.27. The van der Waals surface area contributed by atoms with E-state index in [4.69, 9.17) is 16.0 Å². The van der Waals surface area contributed by atoms with Crippen molar-refractivity contribution in [2.75, 3.05) is 17.8 Å². The number of nitrogens with one attached hydrogen (secondary N) is 2. The highest BCUT2D eigenvalue weighted by atomic mass is 35.5. The number of hydrogen-bond acceptors (Lipinski definition) is 5. The van der Waals surface area contributed by atoms with E-state index in [2.05, 4.69) is 28.8 Å². The molecule has 6 nitrogen and oxygen atoms in total. The van der Waals surface area contributed by atoms with Crippen LogP contribution in [0.3, 0.4) is 0 Å². The smallest absolute Gasteiger partial charge is 0.263 e. The van der Waals surface area contributed by atoms with Crippen LogP contribution in [-0.2, 0) is 16.6 Å². The number of sulfonamides is 1. The van der Waals surface area contributed by atoms with E-state index < -0.39 is 10.0 Å². The van der Waals surface area contributed by atoms with E-state index >= 15 is 0 Å². The van der Waals surface area contributed by atoms with Gasteiger partial charge in [-0.2, -0.15) is 0 Å². The third-order valence-corrected chi connectivity index (χ3v) is 7.15. The zero-order valence-electron chi connectivity index (χ0n) is 16.4. The van der Waals surface area contributed by atoms with Gasteiger partial charge in [-0.15, -0.1) is 0 Å². The fourth-order valence-electron chi connectivity index (χ4n) is 3.74. The second-order valence-electron chi connectivity index (χ2n) is 7.60. The molecule has 0 saturated carbocycles. The first-order chi connectivity index (χ1) is 13.8. The fraction of sp³-hybridized carbons (Fsp3) is 0.333. The van der Waals surface area contributed by atoms with Gasteiger partial charge in [0.15, 0.2) is 0 Å². The van der Waals surface area contributed by atoms with E-state index in [0.29, 0.717) is 24.3 Å². The van der Waals surface area contributed by atoms with Crippen LogP contribution in [0.1, 0.15) is 19.4 Å². The Bertz CT molecular complexity index is 1130. The second kappa shape index (κ2) is 7.99. The van der Waals surface area contributed by atoms with Gasteiger partial charge in [0.25, 0.3) is 10.0 Å². The molecule has 2 N–H and O–H groups in total. The minimum Gasteiger partial charge on any atom is -0.464 e. The number of fused-ring (bicyclic) bond motifs is 1. The molecule has 1 aromatic heterocycles. The summed E-state index contributed by atoms with van der Waals surface area (Å²) < 4.78 is 34.1. The van der Waals surface area contributed by atoms with Gasteiger partial charge < -0.3 is 9.73 Å². The lowest BCUT2D eigenvalue weighted by molar-refractivity contribution is 0.139. The highest BCUT2D eigenvalue weighted by Gasteiger charge is 2.24. The van der Waals surface area contributed by atoms with E-state index in [-0.39, 0.29) is 9.92 Å². The van der Waals surface area contributed by atoms with Gasteiger partial charge in [0, 0.05) is 42.7 Å². The van der Waals surface area contributed by atoms with E-state index in [1.54, 1.807) is 30.5 Å². The Morgan fingerprint density at radius 1 is 1.24 bits per heavy atom. The molecule has 0 spiro atoms. The SMILES string of the molecule is C[C@@H]1CN[C@@H](C)CN1Cc1cc(NS(=O)(=O)c2ccccc2Cl)cc2ccoc12. The lowest BCUT2D eigenvalue weighted by atomic mass is 10.1. The number of hydrogen-bond donors (Lipinski definition) is 2. The Kier molecular flexibility index (Phi) is 5.57. The van der Waals surface area contributed by atoms with Crippen molar-refractivity contribution in [1.82, 2.24) is 10.2 Å². The number of piperazine rings is 1. The van der Waals surface area contributed by atoms with Crippen LogP contribution < -0.4 is 10.0 Å². The zero-order valence-corrected chi connectivity index (χ0v) is 17.9. The van der Waals surface area contributed by atoms with Gasteiger partial charge in [-0.25, -0.2) is 8.42 Å². The highest BCUT2D eigenvalue weighted by Crippen LogP contribution is 2.29. The molecule has 3 aromatic rings. The predicted molar refractivity (Wildman–Crippen MR) is 116 cm³/mol. The minimum absolute atomic E-state index is 0.0556. The first-order valence-corrected chi connectivity index (χ1v) is 11.4. The molecule has 1 fully saturated rings. The number of halogens is 1. The molecule has 1 aliphatic rings. The lowest BCUT2D eigenvalue weighted by Gasteiger charge is -2.37. The lowest BCUT2D eigenvalue weighted by Crippen LogP contribution is -2.53. The normalized spacial score (nSPS) is 20.8. The number of nitrogens with zero attached hydrogens (tertiary/aromatic N) is 1. The summed E-state index contributed by atoms with van der Waals surface area (Å²) >= 11 is 6.10. The average Bonchev–Trinajstić information content (AvgIpc) is 3.13. The van der Waals surface area contributed by atoms with Gasteiger partial charge in [-0.05, 0) is 44.2 Å². The quantitative estimate of drug-likeness (QED) is 0.634. The van der Waals surface area contributed by atoms with Crippen molar-refractivity contribution in [2.24, 2.45) is 0 Å². The van der Waals surface area contributed by atoms with Crippen molar-refractivity contribution < 1.29 is 12.8 Å². The summed E-state index contributed by atoms with van der Waals surface area (Å²) in [6, 6.07) is 12.7. The van der Waals surface area contributed by atoms with Gasteiger partial charge in [-0.3, -0.25) is 9.62 Å². The standard InChI is InChI=1S/C21H24ClN3O3S/c1-14-12-25(15(2)11-23-14)13-17-10-18(9-16-7-8-28-21(16)17)24-29(26,27)20-6-4-3-5-19(20)22/h3-10,14-15,23-24H,11-13H2,1-2H3/t14-,15+/m0/s1. The Morgan fingerprint density at radius 2 is 2.03 bits per heavy atom. The highest BCUT2D eigenvalue weighted by molar-refractivity contribution is 7.92. The molecule has 2 heterocycles. The minimum atomic E-state index is -3.80.